The van der Waals surface area contributed by atoms with E-state index in [9.17, 15) is 19.5 Å². The van der Waals surface area contributed by atoms with E-state index < -0.39 is 29.9 Å². The van der Waals surface area contributed by atoms with Crippen molar-refractivity contribution < 1.29 is 33.7 Å². The fraction of sp³-hybridized carbons (Fsp3) is 0.318. The van der Waals surface area contributed by atoms with Gasteiger partial charge in [-0.05, 0) is 56.2 Å². The van der Waals surface area contributed by atoms with Crippen molar-refractivity contribution in [2.24, 2.45) is 0 Å². The van der Waals surface area contributed by atoms with Crippen LogP contribution in [-0.2, 0) is 27.3 Å². The Balaban J connectivity index is 1.87. The van der Waals surface area contributed by atoms with Crippen LogP contribution in [0.1, 0.15) is 31.9 Å². The molecule has 1 amide bonds. The molecule has 0 aromatic heterocycles. The average Bonchev–Trinajstić information content (AvgIpc) is 2.67. The minimum absolute atomic E-state index is 0.0306. The molecule has 0 aliphatic rings. The zero-order valence-corrected chi connectivity index (χ0v) is 19.0. The van der Waals surface area contributed by atoms with Gasteiger partial charge in [0.05, 0.1) is 0 Å². The van der Waals surface area contributed by atoms with Crippen molar-refractivity contribution >= 4 is 34.1 Å². The highest BCUT2D eigenvalue weighted by Gasteiger charge is 2.24. The number of halogens is 1. The smallest absolute Gasteiger partial charge is 0.480 e. The first-order valence-electron chi connectivity index (χ1n) is 9.42. The molecule has 0 saturated carbocycles. The zero-order chi connectivity index (χ0) is 23.0. The summed E-state index contributed by atoms with van der Waals surface area (Å²) in [6.07, 6.45) is -1.64. The Morgan fingerprint density at radius 2 is 1.58 bits per heavy atom. The first kappa shape index (κ1) is 24.2. The predicted molar refractivity (Wildman–Crippen MR) is 116 cm³/mol. The summed E-state index contributed by atoms with van der Waals surface area (Å²) in [7, 11) is 0. The van der Waals surface area contributed by atoms with Gasteiger partial charge >= 0.3 is 18.2 Å². The number of hydrogen-bond acceptors (Lipinski definition) is 6. The predicted octanol–water partition coefficient (Wildman–Crippen LogP) is 4.69. The van der Waals surface area contributed by atoms with Crippen LogP contribution >= 0.6 is 15.9 Å². The number of benzene rings is 2. The molecule has 1 atom stereocenters. The standard InChI is InChI=1S/C22H24BrNO7/c1-22(2,3)31-20(27)24-18(19(25)26)12-14-6-10-17(11-7-14)30-21(28)29-13-15-4-8-16(23)9-5-15/h4-11,18H,12-13H2,1-3H3,(H,24,27)(H,25,26)/t18-/m0/s1. The summed E-state index contributed by atoms with van der Waals surface area (Å²) in [5.74, 6) is -0.945. The van der Waals surface area contributed by atoms with Crippen LogP contribution < -0.4 is 10.1 Å². The topological polar surface area (TPSA) is 111 Å². The Morgan fingerprint density at radius 1 is 1.00 bits per heavy atom. The third-order valence-corrected chi connectivity index (χ3v) is 4.35. The number of aliphatic carboxylic acids is 1. The molecule has 0 radical (unpaired) electrons. The van der Waals surface area contributed by atoms with Gasteiger partial charge in [0.15, 0.2) is 0 Å². The van der Waals surface area contributed by atoms with Gasteiger partial charge in [0.1, 0.15) is 24.0 Å². The number of ether oxygens (including phenoxy) is 3. The molecule has 0 bridgehead atoms. The third-order valence-electron chi connectivity index (χ3n) is 3.82. The van der Waals surface area contributed by atoms with Crippen molar-refractivity contribution in [1.29, 1.82) is 0 Å². The maximum Gasteiger partial charge on any atom is 0.514 e. The van der Waals surface area contributed by atoms with Crippen LogP contribution in [0.5, 0.6) is 5.75 Å². The van der Waals surface area contributed by atoms with Gasteiger partial charge in [-0.3, -0.25) is 0 Å². The Labute approximate surface area is 188 Å². The molecular formula is C22H24BrNO7. The molecule has 2 aromatic rings. The molecule has 0 spiro atoms. The monoisotopic (exact) mass is 493 g/mol. The van der Waals surface area contributed by atoms with Crippen molar-refractivity contribution in [2.45, 2.75) is 45.4 Å². The normalized spacial score (nSPS) is 11.9. The summed E-state index contributed by atoms with van der Waals surface area (Å²) in [5, 5.41) is 11.7. The number of rotatable bonds is 7. The SMILES string of the molecule is CC(C)(C)OC(=O)N[C@@H](Cc1ccc(OC(=O)OCc2ccc(Br)cc2)cc1)C(=O)O. The van der Waals surface area contributed by atoms with Gasteiger partial charge in [0.2, 0.25) is 0 Å². The van der Waals surface area contributed by atoms with Crippen LogP contribution in [-0.4, -0.2) is 35.0 Å². The summed E-state index contributed by atoms with van der Waals surface area (Å²) in [6, 6.07) is 12.4. The summed E-state index contributed by atoms with van der Waals surface area (Å²) < 4.78 is 16.2. The van der Waals surface area contributed by atoms with Crippen LogP contribution in [0.3, 0.4) is 0 Å². The molecule has 2 N–H and O–H groups in total. The van der Waals surface area contributed by atoms with Crippen molar-refractivity contribution in [3.05, 3.63) is 64.1 Å². The largest absolute Gasteiger partial charge is 0.514 e. The summed E-state index contributed by atoms with van der Waals surface area (Å²) in [6.45, 7) is 5.13. The van der Waals surface area contributed by atoms with Crippen LogP contribution in [0.15, 0.2) is 53.0 Å². The lowest BCUT2D eigenvalue weighted by atomic mass is 10.1. The van der Waals surface area contributed by atoms with E-state index in [0.29, 0.717) is 5.56 Å². The molecule has 166 valence electrons. The molecular weight excluding hydrogens is 470 g/mol. The lowest BCUT2D eigenvalue weighted by molar-refractivity contribution is -0.139. The molecule has 0 unspecified atom stereocenters. The molecule has 0 aliphatic heterocycles. The third kappa shape index (κ3) is 9.08. The number of nitrogens with one attached hydrogen (secondary N) is 1. The fourth-order valence-corrected chi connectivity index (χ4v) is 2.69. The molecule has 0 heterocycles. The second-order valence-corrected chi connectivity index (χ2v) is 8.57. The van der Waals surface area contributed by atoms with E-state index in [1.165, 1.54) is 12.1 Å². The lowest BCUT2D eigenvalue weighted by Crippen LogP contribution is -2.44. The Bertz CT molecular complexity index is 905. The minimum Gasteiger partial charge on any atom is -0.480 e. The number of carboxylic acid groups (broad SMARTS) is 1. The van der Waals surface area contributed by atoms with E-state index in [4.69, 9.17) is 14.2 Å². The average molecular weight is 494 g/mol. The molecule has 2 aromatic carbocycles. The van der Waals surface area contributed by atoms with Crippen LogP contribution in [0.2, 0.25) is 0 Å². The fourth-order valence-electron chi connectivity index (χ4n) is 2.43. The summed E-state index contributed by atoms with van der Waals surface area (Å²) in [5.41, 5.74) is 0.699. The van der Waals surface area contributed by atoms with E-state index in [1.807, 2.05) is 24.3 Å². The van der Waals surface area contributed by atoms with Crippen LogP contribution in [0.25, 0.3) is 0 Å². The quantitative estimate of drug-likeness (QED) is 0.425. The Morgan fingerprint density at radius 3 is 2.13 bits per heavy atom. The highest BCUT2D eigenvalue weighted by molar-refractivity contribution is 9.10. The molecule has 2 rings (SSSR count). The Hall–Kier alpha value is -3.07. The number of carboxylic acids is 1. The molecule has 0 aliphatic carbocycles. The molecule has 31 heavy (non-hydrogen) atoms. The van der Waals surface area contributed by atoms with Crippen molar-refractivity contribution in [2.75, 3.05) is 0 Å². The van der Waals surface area contributed by atoms with Crippen molar-refractivity contribution in [1.82, 2.24) is 5.32 Å². The Kier molecular flexibility index (Phi) is 8.44. The number of amides is 1. The second kappa shape index (κ2) is 10.8. The van der Waals surface area contributed by atoms with E-state index in [1.54, 1.807) is 32.9 Å². The summed E-state index contributed by atoms with van der Waals surface area (Å²) >= 11 is 3.33. The van der Waals surface area contributed by atoms with Crippen LogP contribution in [0.4, 0.5) is 9.59 Å². The van der Waals surface area contributed by atoms with Gasteiger partial charge in [-0.1, -0.05) is 40.2 Å². The number of hydrogen-bond donors (Lipinski definition) is 2. The van der Waals surface area contributed by atoms with Gasteiger partial charge in [-0.25, -0.2) is 14.4 Å². The number of carbonyl (C=O) groups is 3. The van der Waals surface area contributed by atoms with Gasteiger partial charge < -0.3 is 24.6 Å². The first-order valence-corrected chi connectivity index (χ1v) is 10.2. The molecule has 9 heteroatoms. The minimum atomic E-state index is -1.19. The van der Waals surface area contributed by atoms with Crippen molar-refractivity contribution in [3.8, 4) is 5.75 Å². The number of alkyl carbamates (subject to hydrolysis) is 1. The van der Waals surface area contributed by atoms with Crippen LogP contribution in [0, 0.1) is 0 Å². The van der Waals surface area contributed by atoms with Gasteiger partial charge in [0.25, 0.3) is 0 Å². The molecule has 8 nitrogen and oxygen atoms in total. The second-order valence-electron chi connectivity index (χ2n) is 7.65. The maximum absolute atomic E-state index is 11.8. The van der Waals surface area contributed by atoms with Gasteiger partial charge in [-0.2, -0.15) is 0 Å². The first-order chi connectivity index (χ1) is 14.5. The summed E-state index contributed by atoms with van der Waals surface area (Å²) in [4.78, 5) is 35.2. The van der Waals surface area contributed by atoms with E-state index in [0.717, 1.165) is 10.0 Å². The highest BCUT2D eigenvalue weighted by Crippen LogP contribution is 2.16. The van der Waals surface area contributed by atoms with Crippen molar-refractivity contribution in [3.63, 3.8) is 0 Å². The number of carbonyl (C=O) groups excluding carboxylic acids is 2. The van der Waals surface area contributed by atoms with E-state index in [2.05, 4.69) is 21.2 Å². The van der Waals surface area contributed by atoms with E-state index in [-0.39, 0.29) is 18.8 Å². The zero-order valence-electron chi connectivity index (χ0n) is 17.4. The molecule has 0 fully saturated rings. The highest BCUT2D eigenvalue weighted by atomic mass is 79.9. The lowest BCUT2D eigenvalue weighted by Gasteiger charge is -2.22. The molecule has 0 saturated heterocycles. The maximum atomic E-state index is 11.8. The van der Waals surface area contributed by atoms with E-state index >= 15 is 0 Å². The van der Waals surface area contributed by atoms with Gasteiger partial charge in [-0.15, -0.1) is 0 Å². The van der Waals surface area contributed by atoms with Gasteiger partial charge in [0, 0.05) is 10.9 Å².